The van der Waals surface area contributed by atoms with Gasteiger partial charge in [0.25, 0.3) is 5.91 Å². The van der Waals surface area contributed by atoms with Crippen LogP contribution in [0.2, 0.25) is 0 Å². The molecule has 0 radical (unpaired) electrons. The number of rotatable bonds is 8. The van der Waals surface area contributed by atoms with Crippen molar-refractivity contribution in [3.8, 4) is 0 Å². The van der Waals surface area contributed by atoms with E-state index >= 15 is 0 Å². The summed E-state index contributed by atoms with van der Waals surface area (Å²) in [6, 6.07) is 21.3. The van der Waals surface area contributed by atoms with Crippen LogP contribution in [0.5, 0.6) is 0 Å². The van der Waals surface area contributed by atoms with Crippen LogP contribution in [-0.2, 0) is 9.53 Å². The molecule has 0 saturated carbocycles. The number of nitrogens with zero attached hydrogens (tertiary/aromatic N) is 2. The second-order valence-electron chi connectivity index (χ2n) is 8.83. The first kappa shape index (κ1) is 25.1. The summed E-state index contributed by atoms with van der Waals surface area (Å²) in [6.07, 6.45) is 0. The van der Waals surface area contributed by atoms with Crippen LogP contribution in [0.4, 0.5) is 11.4 Å². The van der Waals surface area contributed by atoms with E-state index in [2.05, 4.69) is 22.0 Å². The Balaban J connectivity index is 1.32. The molecule has 4 rings (SSSR count). The number of hydrogen-bond donors (Lipinski definition) is 1. The number of piperazine rings is 1. The van der Waals surface area contributed by atoms with Crippen molar-refractivity contribution in [1.29, 1.82) is 0 Å². The van der Waals surface area contributed by atoms with Crippen molar-refractivity contribution in [1.82, 2.24) is 4.90 Å². The van der Waals surface area contributed by atoms with Crippen molar-refractivity contribution in [3.05, 3.63) is 95.1 Å². The molecule has 36 heavy (non-hydrogen) atoms. The van der Waals surface area contributed by atoms with Crippen LogP contribution in [-0.4, -0.2) is 61.9 Å². The topological polar surface area (TPSA) is 79.0 Å². The van der Waals surface area contributed by atoms with E-state index in [1.807, 2.05) is 43.3 Å². The molecule has 186 valence electrons. The molecule has 1 aliphatic heterocycles. The predicted octanol–water partition coefficient (Wildman–Crippen LogP) is 4.16. The minimum absolute atomic E-state index is 0.128. The molecule has 0 aromatic heterocycles. The standard InChI is InChI=1S/C29H31N3O4/c1-3-31-16-18-32(19-17-31)24-14-12-23(13-15-24)30-27(33)20-36-29(35)26-7-5-4-6-25(26)28(34)22-10-8-21(2)9-11-22/h4-15H,3,16-20H2,1-2H3,(H,30,33). The SMILES string of the molecule is CCN1CCN(c2ccc(NC(=O)COC(=O)c3ccccc3C(=O)c3ccc(C)cc3)cc2)CC1. The van der Waals surface area contributed by atoms with Gasteiger partial charge in [-0.1, -0.05) is 55.0 Å². The number of likely N-dealkylation sites (N-methyl/N-ethyl adjacent to an activating group) is 1. The maximum absolute atomic E-state index is 12.9. The fraction of sp³-hybridized carbons (Fsp3) is 0.276. The van der Waals surface area contributed by atoms with Gasteiger partial charge in [0.2, 0.25) is 0 Å². The smallest absolute Gasteiger partial charge is 0.339 e. The maximum atomic E-state index is 12.9. The first-order valence-corrected chi connectivity index (χ1v) is 12.2. The highest BCUT2D eigenvalue weighted by Gasteiger charge is 2.20. The zero-order chi connectivity index (χ0) is 25.5. The molecule has 0 aliphatic carbocycles. The third kappa shape index (κ3) is 6.17. The number of ether oxygens (including phenoxy) is 1. The molecule has 0 atom stereocenters. The van der Waals surface area contributed by atoms with E-state index in [-0.39, 0.29) is 16.9 Å². The maximum Gasteiger partial charge on any atom is 0.339 e. The Morgan fingerprint density at radius 3 is 2.11 bits per heavy atom. The Morgan fingerprint density at radius 2 is 1.47 bits per heavy atom. The van der Waals surface area contributed by atoms with Crippen molar-refractivity contribution in [2.24, 2.45) is 0 Å². The van der Waals surface area contributed by atoms with Crippen LogP contribution in [0.3, 0.4) is 0 Å². The van der Waals surface area contributed by atoms with E-state index < -0.39 is 18.5 Å². The average Bonchev–Trinajstić information content (AvgIpc) is 2.92. The second kappa shape index (κ2) is 11.6. The number of nitrogens with one attached hydrogen (secondary N) is 1. The van der Waals surface area contributed by atoms with E-state index in [0.29, 0.717) is 11.3 Å². The lowest BCUT2D eigenvalue weighted by Gasteiger charge is -2.35. The number of benzene rings is 3. The number of ketones is 1. The zero-order valence-corrected chi connectivity index (χ0v) is 20.7. The third-order valence-electron chi connectivity index (χ3n) is 6.38. The minimum atomic E-state index is -0.720. The molecule has 1 saturated heterocycles. The van der Waals surface area contributed by atoms with Gasteiger partial charge >= 0.3 is 5.97 Å². The van der Waals surface area contributed by atoms with Crippen molar-refractivity contribution < 1.29 is 19.1 Å². The van der Waals surface area contributed by atoms with Gasteiger partial charge in [0.15, 0.2) is 12.4 Å². The first-order chi connectivity index (χ1) is 17.4. The van der Waals surface area contributed by atoms with Gasteiger partial charge in [-0.15, -0.1) is 0 Å². The van der Waals surface area contributed by atoms with E-state index in [1.165, 1.54) is 6.07 Å². The lowest BCUT2D eigenvalue weighted by atomic mass is 9.98. The van der Waals surface area contributed by atoms with Gasteiger partial charge in [-0.05, 0) is 43.8 Å². The third-order valence-corrected chi connectivity index (χ3v) is 6.38. The number of hydrogen-bond acceptors (Lipinski definition) is 6. The summed E-state index contributed by atoms with van der Waals surface area (Å²) in [4.78, 5) is 42.8. The monoisotopic (exact) mass is 485 g/mol. The van der Waals surface area contributed by atoms with E-state index in [0.717, 1.165) is 44.0 Å². The Morgan fingerprint density at radius 1 is 0.833 bits per heavy atom. The van der Waals surface area contributed by atoms with E-state index in [1.54, 1.807) is 30.3 Å². The molecular formula is C29H31N3O4. The molecule has 1 aliphatic rings. The Bertz CT molecular complexity index is 1210. The normalized spacial score (nSPS) is 13.8. The van der Waals surface area contributed by atoms with Gasteiger partial charge in [-0.25, -0.2) is 4.79 Å². The van der Waals surface area contributed by atoms with Crippen LogP contribution in [0, 0.1) is 6.92 Å². The van der Waals surface area contributed by atoms with Gasteiger partial charge < -0.3 is 19.9 Å². The Labute approximate surface area is 211 Å². The van der Waals surface area contributed by atoms with Crippen LogP contribution >= 0.6 is 0 Å². The Kier molecular flexibility index (Phi) is 8.13. The van der Waals surface area contributed by atoms with Crippen molar-refractivity contribution in [3.63, 3.8) is 0 Å². The average molecular weight is 486 g/mol. The van der Waals surface area contributed by atoms with Crippen molar-refractivity contribution >= 4 is 29.0 Å². The molecule has 0 unspecified atom stereocenters. The molecule has 3 aromatic carbocycles. The van der Waals surface area contributed by atoms with Gasteiger partial charge in [0, 0.05) is 48.7 Å². The minimum Gasteiger partial charge on any atom is -0.452 e. The second-order valence-corrected chi connectivity index (χ2v) is 8.83. The van der Waals surface area contributed by atoms with Gasteiger partial charge in [0.1, 0.15) is 0 Å². The number of carbonyl (C=O) groups excluding carboxylic acids is 3. The highest BCUT2D eigenvalue weighted by Crippen LogP contribution is 2.20. The quantitative estimate of drug-likeness (QED) is 0.381. The fourth-order valence-electron chi connectivity index (χ4n) is 4.20. The van der Waals surface area contributed by atoms with Crippen LogP contribution in [0.25, 0.3) is 0 Å². The van der Waals surface area contributed by atoms with Crippen LogP contribution < -0.4 is 10.2 Å². The Hall–Kier alpha value is -3.97. The lowest BCUT2D eigenvalue weighted by molar-refractivity contribution is -0.119. The molecule has 3 aromatic rings. The van der Waals surface area contributed by atoms with Crippen molar-refractivity contribution in [2.75, 3.05) is 49.5 Å². The van der Waals surface area contributed by atoms with Crippen LogP contribution in [0.15, 0.2) is 72.8 Å². The number of carbonyl (C=O) groups is 3. The lowest BCUT2D eigenvalue weighted by Crippen LogP contribution is -2.46. The van der Waals surface area contributed by atoms with Crippen LogP contribution in [0.1, 0.15) is 38.8 Å². The number of aryl methyl sites for hydroxylation is 1. The number of esters is 1. The predicted molar refractivity (Wildman–Crippen MR) is 141 cm³/mol. The summed E-state index contributed by atoms with van der Waals surface area (Å²) in [6.45, 7) is 8.76. The summed E-state index contributed by atoms with van der Waals surface area (Å²) in [7, 11) is 0. The fourth-order valence-corrected chi connectivity index (χ4v) is 4.20. The van der Waals surface area contributed by atoms with E-state index in [4.69, 9.17) is 4.74 Å². The van der Waals surface area contributed by atoms with Crippen molar-refractivity contribution in [2.45, 2.75) is 13.8 Å². The molecule has 1 heterocycles. The summed E-state index contributed by atoms with van der Waals surface area (Å²) >= 11 is 0. The number of amides is 1. The summed E-state index contributed by atoms with van der Waals surface area (Å²) in [5.74, 6) is -1.44. The molecule has 7 nitrogen and oxygen atoms in total. The van der Waals surface area contributed by atoms with E-state index in [9.17, 15) is 14.4 Å². The summed E-state index contributed by atoms with van der Waals surface area (Å²) in [5, 5.41) is 2.75. The number of anilines is 2. The molecule has 0 bridgehead atoms. The highest BCUT2D eigenvalue weighted by molar-refractivity contribution is 6.14. The largest absolute Gasteiger partial charge is 0.452 e. The summed E-state index contributed by atoms with van der Waals surface area (Å²) in [5.41, 5.74) is 3.63. The zero-order valence-electron chi connectivity index (χ0n) is 20.7. The van der Waals surface area contributed by atoms with Gasteiger partial charge in [-0.3, -0.25) is 9.59 Å². The summed E-state index contributed by atoms with van der Waals surface area (Å²) < 4.78 is 5.23. The molecule has 1 N–H and O–H groups in total. The molecule has 0 spiro atoms. The molecule has 1 fully saturated rings. The molecule has 7 heteroatoms. The van der Waals surface area contributed by atoms with Gasteiger partial charge in [-0.2, -0.15) is 0 Å². The molecule has 1 amide bonds. The first-order valence-electron chi connectivity index (χ1n) is 12.2. The molecular weight excluding hydrogens is 454 g/mol. The highest BCUT2D eigenvalue weighted by atomic mass is 16.5. The van der Waals surface area contributed by atoms with Gasteiger partial charge in [0.05, 0.1) is 5.56 Å².